The molecule has 11 nitrogen and oxygen atoms in total. The molecular formula is C16H19N7O4. The number of nitriles is 2. The Labute approximate surface area is 155 Å². The van der Waals surface area contributed by atoms with Crippen LogP contribution < -0.4 is 9.80 Å². The highest BCUT2D eigenvalue weighted by molar-refractivity contribution is 5.74. The van der Waals surface area contributed by atoms with E-state index in [0.29, 0.717) is 32.5 Å². The van der Waals surface area contributed by atoms with E-state index in [0.717, 1.165) is 0 Å². The van der Waals surface area contributed by atoms with Gasteiger partial charge < -0.3 is 14.5 Å². The predicted octanol–water partition coefficient (Wildman–Crippen LogP) is 1.02. The molecule has 2 rings (SSSR count). The molecule has 1 saturated heterocycles. The fraction of sp³-hybridized carbons (Fsp3) is 0.562. The second-order valence-electron chi connectivity index (χ2n) is 5.81. The molecule has 11 heteroatoms. The van der Waals surface area contributed by atoms with Crippen molar-refractivity contribution >= 4 is 23.3 Å². The monoisotopic (exact) mass is 373 g/mol. The fourth-order valence-electron chi connectivity index (χ4n) is 2.95. The van der Waals surface area contributed by atoms with Gasteiger partial charge in [0, 0.05) is 13.1 Å². The number of esters is 1. The predicted molar refractivity (Wildman–Crippen MR) is 93.7 cm³/mol. The number of carbonyl (C=O) groups is 1. The van der Waals surface area contributed by atoms with E-state index in [9.17, 15) is 14.9 Å². The quantitative estimate of drug-likeness (QED) is 0.293. The molecule has 0 atom stereocenters. The third kappa shape index (κ3) is 4.58. The Morgan fingerprint density at radius 1 is 1.37 bits per heavy atom. The van der Waals surface area contributed by atoms with Gasteiger partial charge in [-0.25, -0.2) is 9.97 Å². The van der Waals surface area contributed by atoms with Gasteiger partial charge in [0.2, 0.25) is 11.6 Å². The average molecular weight is 373 g/mol. The summed E-state index contributed by atoms with van der Waals surface area (Å²) < 4.78 is 5.03. The van der Waals surface area contributed by atoms with Gasteiger partial charge in [0.25, 0.3) is 0 Å². The molecule has 27 heavy (non-hydrogen) atoms. The highest BCUT2D eigenvalue weighted by atomic mass is 16.6. The van der Waals surface area contributed by atoms with Crippen molar-refractivity contribution in [3.8, 4) is 12.1 Å². The second-order valence-corrected chi connectivity index (χ2v) is 5.81. The van der Waals surface area contributed by atoms with Gasteiger partial charge in [0.15, 0.2) is 0 Å². The van der Waals surface area contributed by atoms with E-state index in [1.165, 1.54) is 11.2 Å². The largest absolute Gasteiger partial charge is 0.466 e. The lowest BCUT2D eigenvalue weighted by molar-refractivity contribution is -0.383. The van der Waals surface area contributed by atoms with E-state index in [1.807, 2.05) is 12.1 Å². The van der Waals surface area contributed by atoms with Crippen molar-refractivity contribution in [2.24, 2.45) is 5.92 Å². The number of anilines is 2. The highest BCUT2D eigenvalue weighted by Crippen LogP contribution is 2.35. The Hall–Kier alpha value is -3.47. The zero-order chi connectivity index (χ0) is 19.8. The molecule has 0 saturated carbocycles. The van der Waals surface area contributed by atoms with Crippen molar-refractivity contribution in [1.82, 2.24) is 9.97 Å². The van der Waals surface area contributed by atoms with Crippen molar-refractivity contribution in [2.45, 2.75) is 19.8 Å². The molecule has 0 N–H and O–H groups in total. The summed E-state index contributed by atoms with van der Waals surface area (Å²) in [5.41, 5.74) is -0.349. The molecule has 2 heterocycles. The Morgan fingerprint density at radius 3 is 2.52 bits per heavy atom. The minimum atomic E-state index is -0.607. The average Bonchev–Trinajstić information content (AvgIpc) is 2.67. The number of ether oxygens (including phenoxy) is 1. The van der Waals surface area contributed by atoms with E-state index in [4.69, 9.17) is 15.3 Å². The number of hydrogen-bond donors (Lipinski definition) is 0. The van der Waals surface area contributed by atoms with Crippen molar-refractivity contribution < 1.29 is 14.5 Å². The molecular weight excluding hydrogens is 354 g/mol. The number of rotatable bonds is 7. The zero-order valence-electron chi connectivity index (χ0n) is 14.9. The number of aromatic nitrogens is 2. The molecule has 0 radical (unpaired) electrons. The summed E-state index contributed by atoms with van der Waals surface area (Å²) in [5, 5.41) is 29.5. The summed E-state index contributed by atoms with van der Waals surface area (Å²) in [7, 11) is 0. The van der Waals surface area contributed by atoms with Crippen molar-refractivity contribution in [2.75, 3.05) is 42.6 Å². The molecule has 0 spiro atoms. The van der Waals surface area contributed by atoms with Crippen molar-refractivity contribution in [3.05, 3.63) is 16.4 Å². The van der Waals surface area contributed by atoms with Crippen LogP contribution in [-0.2, 0) is 9.53 Å². The SMILES string of the molecule is CCOC(=O)C1CCN(c2ncnc(N(CC#N)CC#N)c2[N+](=O)[O-])CC1. The molecule has 1 aromatic rings. The molecule has 0 amide bonds. The van der Waals surface area contributed by atoms with Crippen LogP contribution in [0.2, 0.25) is 0 Å². The summed E-state index contributed by atoms with van der Waals surface area (Å²) in [5.74, 6) is -0.451. The van der Waals surface area contributed by atoms with E-state index in [2.05, 4.69) is 9.97 Å². The van der Waals surface area contributed by atoms with Gasteiger partial charge in [0.1, 0.15) is 19.4 Å². The number of nitrogens with zero attached hydrogens (tertiary/aromatic N) is 7. The molecule has 0 unspecified atom stereocenters. The van der Waals surface area contributed by atoms with Gasteiger partial charge in [-0.15, -0.1) is 0 Å². The third-order valence-electron chi connectivity index (χ3n) is 4.20. The minimum absolute atomic E-state index is 0.0689. The van der Waals surface area contributed by atoms with Crippen LogP contribution in [-0.4, -0.2) is 53.6 Å². The van der Waals surface area contributed by atoms with E-state index in [1.54, 1.807) is 11.8 Å². The summed E-state index contributed by atoms with van der Waals surface area (Å²) in [4.78, 5) is 33.9. The van der Waals surface area contributed by atoms with Crippen molar-refractivity contribution in [1.29, 1.82) is 10.5 Å². The smallest absolute Gasteiger partial charge is 0.353 e. The van der Waals surface area contributed by atoms with Crippen LogP contribution in [0.5, 0.6) is 0 Å². The summed E-state index contributed by atoms with van der Waals surface area (Å²) in [6, 6.07) is 3.75. The Balaban J connectivity index is 2.29. The van der Waals surface area contributed by atoms with Crippen LogP contribution in [0, 0.1) is 38.7 Å². The standard InChI is InChI=1S/C16H19N7O4/c1-2-27-16(24)12-3-7-21(8-4-12)14-13(23(25)26)15(20-11-19-14)22(9-5-17)10-6-18/h11-12H,2-4,7-10H2,1H3. The zero-order valence-corrected chi connectivity index (χ0v) is 14.9. The lowest BCUT2D eigenvalue weighted by atomic mass is 9.97. The number of hydrogen-bond acceptors (Lipinski definition) is 10. The van der Waals surface area contributed by atoms with E-state index >= 15 is 0 Å². The summed E-state index contributed by atoms with van der Waals surface area (Å²) in [6.45, 7) is 2.43. The molecule has 1 aliphatic heterocycles. The maximum absolute atomic E-state index is 11.9. The molecule has 0 aliphatic carbocycles. The first-order valence-corrected chi connectivity index (χ1v) is 8.43. The second kappa shape index (κ2) is 9.29. The molecule has 0 aromatic carbocycles. The lowest BCUT2D eigenvalue weighted by Crippen LogP contribution is -2.38. The van der Waals surface area contributed by atoms with Gasteiger partial charge in [-0.05, 0) is 19.8 Å². The first-order chi connectivity index (χ1) is 13.0. The van der Waals surface area contributed by atoms with Crippen LogP contribution in [0.25, 0.3) is 0 Å². The molecule has 1 aliphatic rings. The van der Waals surface area contributed by atoms with Crippen molar-refractivity contribution in [3.63, 3.8) is 0 Å². The number of piperidine rings is 1. The maximum atomic E-state index is 11.9. The van der Waals surface area contributed by atoms with Gasteiger partial charge in [-0.2, -0.15) is 10.5 Å². The van der Waals surface area contributed by atoms with Gasteiger partial charge in [-0.1, -0.05) is 0 Å². The molecule has 1 fully saturated rings. The summed E-state index contributed by atoms with van der Waals surface area (Å²) >= 11 is 0. The van der Waals surface area contributed by atoms with Gasteiger partial charge >= 0.3 is 11.7 Å². The maximum Gasteiger partial charge on any atom is 0.353 e. The lowest BCUT2D eigenvalue weighted by Gasteiger charge is -2.31. The Morgan fingerprint density at radius 2 is 2.00 bits per heavy atom. The first-order valence-electron chi connectivity index (χ1n) is 8.43. The minimum Gasteiger partial charge on any atom is -0.466 e. The third-order valence-corrected chi connectivity index (χ3v) is 4.20. The normalized spacial score (nSPS) is 14.1. The van der Waals surface area contributed by atoms with E-state index < -0.39 is 4.92 Å². The summed E-state index contributed by atoms with van der Waals surface area (Å²) in [6.07, 6.45) is 2.17. The fourth-order valence-corrected chi connectivity index (χ4v) is 2.95. The van der Waals surface area contributed by atoms with Crippen LogP contribution in [0.15, 0.2) is 6.33 Å². The van der Waals surface area contributed by atoms with Crippen LogP contribution >= 0.6 is 0 Å². The topological polar surface area (TPSA) is 149 Å². The van der Waals surface area contributed by atoms with Crippen LogP contribution in [0.1, 0.15) is 19.8 Å². The van der Waals surface area contributed by atoms with E-state index in [-0.39, 0.29) is 42.3 Å². The highest BCUT2D eigenvalue weighted by Gasteiger charge is 2.33. The first kappa shape index (κ1) is 19.8. The Bertz CT molecular complexity index is 762. The van der Waals surface area contributed by atoms with Crippen LogP contribution in [0.4, 0.5) is 17.3 Å². The number of carbonyl (C=O) groups excluding carboxylic acids is 1. The van der Waals surface area contributed by atoms with Gasteiger partial charge in [-0.3, -0.25) is 14.9 Å². The molecule has 1 aromatic heterocycles. The molecule has 0 bridgehead atoms. The Kier molecular flexibility index (Phi) is 6.83. The van der Waals surface area contributed by atoms with Gasteiger partial charge in [0.05, 0.1) is 29.6 Å². The molecule has 142 valence electrons. The van der Waals surface area contributed by atoms with Crippen LogP contribution in [0.3, 0.4) is 0 Å². The number of nitro groups is 1.